The van der Waals surface area contributed by atoms with E-state index in [0.29, 0.717) is 6.07 Å². The minimum Gasteiger partial charge on any atom is -0.358 e. The van der Waals surface area contributed by atoms with E-state index in [1.54, 1.807) is 0 Å². The van der Waals surface area contributed by atoms with Gasteiger partial charge < -0.3 is 10.1 Å². The van der Waals surface area contributed by atoms with Crippen molar-refractivity contribution in [1.29, 1.82) is 0 Å². The molecule has 1 aromatic rings. The SMILES string of the molecule is O=[N+]([O-])c1nc(F)c(Cl)cc1C(F)F. The zero-order valence-corrected chi connectivity index (χ0v) is 7.13. The van der Waals surface area contributed by atoms with Gasteiger partial charge in [-0.15, -0.1) is 0 Å². The topological polar surface area (TPSA) is 56.0 Å². The van der Waals surface area contributed by atoms with E-state index in [0.717, 1.165) is 0 Å². The number of alkyl halides is 2. The number of rotatable bonds is 2. The van der Waals surface area contributed by atoms with Gasteiger partial charge in [0.2, 0.25) is 0 Å². The van der Waals surface area contributed by atoms with Crippen LogP contribution in [0.1, 0.15) is 12.0 Å². The summed E-state index contributed by atoms with van der Waals surface area (Å²) in [5.74, 6) is -2.57. The highest BCUT2D eigenvalue weighted by molar-refractivity contribution is 6.30. The first-order valence-electron chi connectivity index (χ1n) is 3.22. The van der Waals surface area contributed by atoms with Crippen LogP contribution in [0.3, 0.4) is 0 Å². The molecule has 0 N–H and O–H groups in total. The van der Waals surface area contributed by atoms with Gasteiger partial charge in [0.1, 0.15) is 10.6 Å². The van der Waals surface area contributed by atoms with E-state index in [2.05, 4.69) is 4.98 Å². The molecule has 4 nitrogen and oxygen atoms in total. The number of hydrogen-bond donors (Lipinski definition) is 0. The summed E-state index contributed by atoms with van der Waals surface area (Å²) in [7, 11) is 0. The molecule has 0 unspecified atom stereocenters. The zero-order valence-electron chi connectivity index (χ0n) is 6.38. The predicted molar refractivity (Wildman–Crippen MR) is 40.8 cm³/mol. The fourth-order valence-electron chi connectivity index (χ4n) is 0.778. The summed E-state index contributed by atoms with van der Waals surface area (Å²) in [5.41, 5.74) is -0.999. The quantitative estimate of drug-likeness (QED) is 0.443. The Balaban J connectivity index is 3.39. The van der Waals surface area contributed by atoms with E-state index in [4.69, 9.17) is 11.6 Å². The molecule has 0 aliphatic carbocycles. The van der Waals surface area contributed by atoms with E-state index in [9.17, 15) is 23.3 Å². The van der Waals surface area contributed by atoms with Crippen LogP contribution in [0.15, 0.2) is 6.07 Å². The zero-order chi connectivity index (χ0) is 10.9. The number of aromatic nitrogens is 1. The Bertz CT molecular complexity index is 386. The molecule has 0 aliphatic heterocycles. The Morgan fingerprint density at radius 1 is 1.57 bits per heavy atom. The molecule has 0 atom stereocenters. The van der Waals surface area contributed by atoms with Crippen LogP contribution in [0, 0.1) is 16.1 Å². The van der Waals surface area contributed by atoms with E-state index < -0.39 is 33.7 Å². The molecule has 8 heteroatoms. The third-order valence-corrected chi connectivity index (χ3v) is 1.61. The Labute approximate surface area is 80.5 Å². The van der Waals surface area contributed by atoms with Gasteiger partial charge in [0, 0.05) is 0 Å². The third kappa shape index (κ3) is 1.92. The van der Waals surface area contributed by atoms with Gasteiger partial charge in [-0.25, -0.2) is 8.78 Å². The first kappa shape index (κ1) is 10.7. The standard InChI is InChI=1S/C6H2ClF3N2O2/c7-3-1-2(4(8)9)6(12(13)14)11-5(3)10/h1,4H. The largest absolute Gasteiger partial charge is 0.375 e. The molecular weight excluding hydrogens is 225 g/mol. The molecule has 0 saturated heterocycles. The highest BCUT2D eigenvalue weighted by Crippen LogP contribution is 2.30. The number of nitro groups is 1. The molecule has 0 saturated carbocycles. The maximum Gasteiger partial charge on any atom is 0.375 e. The molecule has 76 valence electrons. The molecule has 0 aliphatic rings. The maximum absolute atomic E-state index is 12.6. The molecule has 0 amide bonds. The molecule has 1 aromatic heterocycles. The summed E-state index contributed by atoms with van der Waals surface area (Å²) in [6, 6.07) is 0.493. The second-order valence-corrected chi connectivity index (χ2v) is 2.64. The second kappa shape index (κ2) is 3.79. The highest BCUT2D eigenvalue weighted by atomic mass is 35.5. The molecule has 1 heterocycles. The Kier molecular flexibility index (Phi) is 2.90. The molecule has 0 spiro atoms. The van der Waals surface area contributed by atoms with Crippen molar-refractivity contribution in [3.8, 4) is 0 Å². The lowest BCUT2D eigenvalue weighted by Crippen LogP contribution is -2.01. The maximum atomic E-state index is 12.6. The van der Waals surface area contributed by atoms with Gasteiger partial charge in [0.25, 0.3) is 6.43 Å². The van der Waals surface area contributed by atoms with Crippen LogP contribution in [0.4, 0.5) is 19.0 Å². The third-order valence-electron chi connectivity index (χ3n) is 1.35. The average molecular weight is 227 g/mol. The molecule has 1 rings (SSSR count). The summed E-state index contributed by atoms with van der Waals surface area (Å²) in [4.78, 5) is 11.7. The van der Waals surface area contributed by atoms with Crippen LogP contribution in [-0.4, -0.2) is 9.91 Å². The van der Waals surface area contributed by atoms with Gasteiger partial charge in [-0.3, -0.25) is 0 Å². The van der Waals surface area contributed by atoms with Crippen LogP contribution in [-0.2, 0) is 0 Å². The summed E-state index contributed by atoms with van der Waals surface area (Å²) < 4.78 is 36.9. The molecule has 0 bridgehead atoms. The monoisotopic (exact) mass is 226 g/mol. The van der Waals surface area contributed by atoms with Crippen LogP contribution in [0.5, 0.6) is 0 Å². The van der Waals surface area contributed by atoms with E-state index in [1.807, 2.05) is 0 Å². The number of hydrogen-bond acceptors (Lipinski definition) is 3. The first-order valence-corrected chi connectivity index (χ1v) is 3.59. The van der Waals surface area contributed by atoms with Gasteiger partial charge in [0.15, 0.2) is 0 Å². The average Bonchev–Trinajstić information content (AvgIpc) is 2.08. The molecule has 0 radical (unpaired) electrons. The van der Waals surface area contributed by atoms with E-state index >= 15 is 0 Å². The van der Waals surface area contributed by atoms with Crippen LogP contribution in [0.2, 0.25) is 5.02 Å². The van der Waals surface area contributed by atoms with Gasteiger partial charge >= 0.3 is 11.8 Å². The van der Waals surface area contributed by atoms with Crippen molar-refractivity contribution in [3.63, 3.8) is 0 Å². The van der Waals surface area contributed by atoms with Gasteiger partial charge in [-0.05, 0) is 16.0 Å². The lowest BCUT2D eigenvalue weighted by molar-refractivity contribution is -0.391. The Morgan fingerprint density at radius 3 is 2.57 bits per heavy atom. The van der Waals surface area contributed by atoms with Crippen molar-refractivity contribution in [3.05, 3.63) is 32.7 Å². The second-order valence-electron chi connectivity index (χ2n) is 2.23. The van der Waals surface area contributed by atoms with Crippen molar-refractivity contribution in [2.75, 3.05) is 0 Å². The van der Waals surface area contributed by atoms with Gasteiger partial charge in [-0.1, -0.05) is 11.6 Å². The molecule has 0 fully saturated rings. The summed E-state index contributed by atoms with van der Waals surface area (Å²) in [6.45, 7) is 0. The van der Waals surface area contributed by atoms with Crippen LogP contribution >= 0.6 is 11.6 Å². The van der Waals surface area contributed by atoms with Gasteiger partial charge in [-0.2, -0.15) is 4.39 Å². The number of nitrogens with zero attached hydrogens (tertiary/aromatic N) is 2. The molecule has 0 aromatic carbocycles. The number of pyridine rings is 1. The smallest absolute Gasteiger partial charge is 0.358 e. The van der Waals surface area contributed by atoms with E-state index in [-0.39, 0.29) is 0 Å². The fourth-order valence-corrected chi connectivity index (χ4v) is 0.938. The van der Waals surface area contributed by atoms with Crippen molar-refractivity contribution in [2.24, 2.45) is 0 Å². The van der Waals surface area contributed by atoms with Crippen molar-refractivity contribution < 1.29 is 18.1 Å². The van der Waals surface area contributed by atoms with E-state index in [1.165, 1.54) is 0 Å². The normalized spacial score (nSPS) is 10.6. The Hall–Kier alpha value is -1.37. The molecular formula is C6H2ClF3N2O2. The van der Waals surface area contributed by atoms with Crippen LogP contribution in [0.25, 0.3) is 0 Å². The lowest BCUT2D eigenvalue weighted by Gasteiger charge is -2.00. The molecule has 14 heavy (non-hydrogen) atoms. The minimum atomic E-state index is -3.12. The Morgan fingerprint density at radius 2 is 2.14 bits per heavy atom. The van der Waals surface area contributed by atoms with Gasteiger partial charge in [0.05, 0.1) is 0 Å². The highest BCUT2D eigenvalue weighted by Gasteiger charge is 2.26. The predicted octanol–water partition coefficient (Wildman–Crippen LogP) is 2.72. The summed E-state index contributed by atoms with van der Waals surface area (Å²) in [5, 5.41) is 9.51. The van der Waals surface area contributed by atoms with Crippen molar-refractivity contribution in [2.45, 2.75) is 6.43 Å². The summed E-state index contributed by atoms with van der Waals surface area (Å²) >= 11 is 5.14. The van der Waals surface area contributed by atoms with Crippen molar-refractivity contribution >= 4 is 17.4 Å². The fraction of sp³-hybridized carbons (Fsp3) is 0.167. The first-order chi connectivity index (χ1) is 6.43. The minimum absolute atomic E-state index is 0.493. The van der Waals surface area contributed by atoms with Crippen molar-refractivity contribution in [1.82, 2.24) is 4.98 Å². The summed E-state index contributed by atoms with van der Waals surface area (Å²) in [6.07, 6.45) is -3.12. The van der Waals surface area contributed by atoms with Crippen LogP contribution < -0.4 is 0 Å². The number of halogens is 4. The lowest BCUT2D eigenvalue weighted by atomic mass is 10.2.